The molecular formula is C20H22N6O3. The molecule has 0 aliphatic carbocycles. The second-order valence-corrected chi connectivity index (χ2v) is 6.50. The van der Waals surface area contributed by atoms with Crippen molar-refractivity contribution in [1.82, 2.24) is 20.2 Å². The second kappa shape index (κ2) is 9.16. The van der Waals surface area contributed by atoms with E-state index < -0.39 is 0 Å². The van der Waals surface area contributed by atoms with Gasteiger partial charge in [0.2, 0.25) is 11.7 Å². The SMILES string of the molecule is O=C(Cn1nnc(COc2ccccc2)n1)Nc1ccccc1N1CCOCC1. The van der Waals surface area contributed by atoms with Gasteiger partial charge in [-0.15, -0.1) is 10.2 Å². The predicted molar refractivity (Wildman–Crippen MR) is 107 cm³/mol. The van der Waals surface area contributed by atoms with Crippen molar-refractivity contribution >= 4 is 17.3 Å². The number of anilines is 2. The van der Waals surface area contributed by atoms with Crippen LogP contribution in [0, 0.1) is 0 Å². The first-order valence-electron chi connectivity index (χ1n) is 9.44. The highest BCUT2D eigenvalue weighted by molar-refractivity contribution is 5.94. The minimum Gasteiger partial charge on any atom is -0.485 e. The van der Waals surface area contributed by atoms with Gasteiger partial charge in [-0.2, -0.15) is 4.80 Å². The molecule has 1 aliphatic heterocycles. The topological polar surface area (TPSA) is 94.4 Å². The molecule has 0 bridgehead atoms. The Kier molecular flexibility index (Phi) is 5.96. The van der Waals surface area contributed by atoms with Gasteiger partial charge in [0, 0.05) is 13.1 Å². The van der Waals surface area contributed by atoms with Gasteiger partial charge in [0.05, 0.1) is 24.6 Å². The number of rotatable bonds is 7. The summed E-state index contributed by atoms with van der Waals surface area (Å²) in [5, 5.41) is 15.0. The summed E-state index contributed by atoms with van der Waals surface area (Å²) in [4.78, 5) is 16.0. The van der Waals surface area contributed by atoms with Gasteiger partial charge in [-0.3, -0.25) is 4.79 Å². The zero-order valence-corrected chi connectivity index (χ0v) is 15.9. The van der Waals surface area contributed by atoms with Gasteiger partial charge in [-0.05, 0) is 29.5 Å². The van der Waals surface area contributed by atoms with E-state index in [1.165, 1.54) is 4.80 Å². The van der Waals surface area contributed by atoms with Crippen molar-refractivity contribution in [2.24, 2.45) is 0 Å². The highest BCUT2D eigenvalue weighted by Crippen LogP contribution is 2.26. The molecule has 1 aliphatic rings. The summed E-state index contributed by atoms with van der Waals surface area (Å²) in [7, 11) is 0. The maximum absolute atomic E-state index is 12.5. The fraction of sp³-hybridized carbons (Fsp3) is 0.300. The molecule has 1 amide bonds. The van der Waals surface area contributed by atoms with Crippen molar-refractivity contribution in [1.29, 1.82) is 0 Å². The van der Waals surface area contributed by atoms with Gasteiger partial charge in [0.25, 0.3) is 0 Å². The van der Waals surface area contributed by atoms with Gasteiger partial charge in [-0.25, -0.2) is 0 Å². The number of amides is 1. The maximum atomic E-state index is 12.5. The Bertz CT molecular complexity index is 940. The predicted octanol–water partition coefficient (Wildman–Crippen LogP) is 1.73. The van der Waals surface area contributed by atoms with Crippen LogP contribution in [0.4, 0.5) is 11.4 Å². The molecule has 1 aromatic heterocycles. The number of ether oxygens (including phenoxy) is 2. The maximum Gasteiger partial charge on any atom is 0.248 e. The van der Waals surface area contributed by atoms with E-state index in [0.29, 0.717) is 19.0 Å². The first kappa shape index (κ1) is 18.9. The molecule has 0 atom stereocenters. The van der Waals surface area contributed by atoms with E-state index in [9.17, 15) is 4.79 Å². The van der Waals surface area contributed by atoms with E-state index in [4.69, 9.17) is 9.47 Å². The quantitative estimate of drug-likeness (QED) is 0.652. The van der Waals surface area contributed by atoms with Crippen LogP contribution in [0.1, 0.15) is 5.82 Å². The fourth-order valence-electron chi connectivity index (χ4n) is 3.04. The van der Waals surface area contributed by atoms with Crippen LogP contribution in [0.15, 0.2) is 54.6 Å². The molecule has 3 aromatic rings. The lowest BCUT2D eigenvalue weighted by atomic mass is 10.2. The molecule has 2 aromatic carbocycles. The summed E-state index contributed by atoms with van der Waals surface area (Å²) in [5.41, 5.74) is 1.74. The summed E-state index contributed by atoms with van der Waals surface area (Å²) in [6.07, 6.45) is 0. The molecule has 1 fully saturated rings. The first-order valence-corrected chi connectivity index (χ1v) is 9.44. The Labute approximate surface area is 168 Å². The van der Waals surface area contributed by atoms with Crippen molar-refractivity contribution in [2.75, 3.05) is 36.5 Å². The summed E-state index contributed by atoms with van der Waals surface area (Å²) in [6.45, 7) is 3.10. The Morgan fingerprint density at radius 1 is 1.07 bits per heavy atom. The van der Waals surface area contributed by atoms with Crippen LogP contribution < -0.4 is 15.0 Å². The van der Waals surface area contributed by atoms with Crippen LogP contribution >= 0.6 is 0 Å². The largest absolute Gasteiger partial charge is 0.485 e. The minimum absolute atomic E-state index is 0.0320. The van der Waals surface area contributed by atoms with E-state index in [2.05, 4.69) is 25.6 Å². The molecule has 0 unspecified atom stereocenters. The zero-order valence-electron chi connectivity index (χ0n) is 15.9. The molecule has 150 valence electrons. The molecule has 9 heteroatoms. The van der Waals surface area contributed by atoms with Gasteiger partial charge in [0.1, 0.15) is 12.3 Å². The highest BCUT2D eigenvalue weighted by atomic mass is 16.5. The number of tetrazole rings is 1. The molecule has 1 saturated heterocycles. The molecule has 0 radical (unpaired) electrons. The normalized spacial score (nSPS) is 13.9. The Morgan fingerprint density at radius 2 is 1.83 bits per heavy atom. The third kappa shape index (κ3) is 5.08. The number of nitrogens with one attached hydrogen (secondary N) is 1. The lowest BCUT2D eigenvalue weighted by Gasteiger charge is -2.30. The molecule has 0 saturated carbocycles. The van der Waals surface area contributed by atoms with Crippen molar-refractivity contribution in [3.63, 3.8) is 0 Å². The number of carbonyl (C=O) groups excluding carboxylic acids is 1. The van der Waals surface area contributed by atoms with Crippen molar-refractivity contribution in [2.45, 2.75) is 13.2 Å². The van der Waals surface area contributed by atoms with Crippen molar-refractivity contribution < 1.29 is 14.3 Å². The highest BCUT2D eigenvalue weighted by Gasteiger charge is 2.16. The Balaban J connectivity index is 1.34. The van der Waals surface area contributed by atoms with Crippen LogP contribution in [-0.4, -0.2) is 52.4 Å². The zero-order chi connectivity index (χ0) is 19.9. The van der Waals surface area contributed by atoms with Gasteiger partial charge in [0.15, 0.2) is 6.61 Å². The number of hydrogen-bond donors (Lipinski definition) is 1. The standard InChI is InChI=1S/C20H22N6O3/c27-20(21-17-8-4-5-9-18(17)25-10-12-28-13-11-25)14-26-23-19(22-24-26)15-29-16-6-2-1-3-7-16/h1-9H,10-15H2,(H,21,27). The van der Waals surface area contributed by atoms with Crippen LogP contribution in [0.25, 0.3) is 0 Å². The van der Waals surface area contributed by atoms with Crippen LogP contribution in [0.3, 0.4) is 0 Å². The van der Waals surface area contributed by atoms with E-state index in [1.807, 2.05) is 54.6 Å². The third-order valence-corrected chi connectivity index (χ3v) is 4.42. The number of para-hydroxylation sites is 3. The molecule has 0 spiro atoms. The molecule has 29 heavy (non-hydrogen) atoms. The second-order valence-electron chi connectivity index (χ2n) is 6.50. The number of aromatic nitrogens is 4. The molecule has 2 heterocycles. The Hall–Kier alpha value is -3.46. The fourth-order valence-corrected chi connectivity index (χ4v) is 3.04. The van der Waals surface area contributed by atoms with Gasteiger partial charge in [-0.1, -0.05) is 30.3 Å². The van der Waals surface area contributed by atoms with E-state index in [1.54, 1.807) is 0 Å². The van der Waals surface area contributed by atoms with Crippen LogP contribution in [0.2, 0.25) is 0 Å². The average Bonchev–Trinajstić information content (AvgIpc) is 3.21. The summed E-state index contributed by atoms with van der Waals surface area (Å²) < 4.78 is 11.0. The number of nitrogens with zero attached hydrogens (tertiary/aromatic N) is 5. The lowest BCUT2D eigenvalue weighted by Crippen LogP contribution is -2.36. The van der Waals surface area contributed by atoms with Crippen molar-refractivity contribution in [3.8, 4) is 5.75 Å². The molecular weight excluding hydrogens is 372 g/mol. The number of morpholine rings is 1. The number of benzene rings is 2. The van der Waals surface area contributed by atoms with Crippen LogP contribution in [-0.2, 0) is 22.7 Å². The molecule has 4 rings (SSSR count). The monoisotopic (exact) mass is 394 g/mol. The number of hydrogen-bond acceptors (Lipinski definition) is 7. The smallest absolute Gasteiger partial charge is 0.248 e. The summed E-state index contributed by atoms with van der Waals surface area (Å²) >= 11 is 0. The van der Waals surface area contributed by atoms with Gasteiger partial charge < -0.3 is 19.7 Å². The Morgan fingerprint density at radius 3 is 2.66 bits per heavy atom. The van der Waals surface area contributed by atoms with E-state index in [0.717, 1.165) is 30.2 Å². The minimum atomic E-state index is -0.223. The first-order chi connectivity index (χ1) is 14.3. The average molecular weight is 394 g/mol. The summed E-state index contributed by atoms with van der Waals surface area (Å²) in [5.74, 6) is 0.912. The third-order valence-electron chi connectivity index (χ3n) is 4.42. The molecule has 1 N–H and O–H groups in total. The molecule has 9 nitrogen and oxygen atoms in total. The van der Waals surface area contributed by atoms with Crippen molar-refractivity contribution in [3.05, 3.63) is 60.4 Å². The number of carbonyl (C=O) groups is 1. The lowest BCUT2D eigenvalue weighted by molar-refractivity contribution is -0.117. The van der Waals surface area contributed by atoms with Gasteiger partial charge >= 0.3 is 0 Å². The van der Waals surface area contributed by atoms with Crippen LogP contribution in [0.5, 0.6) is 5.75 Å². The summed E-state index contributed by atoms with van der Waals surface area (Å²) in [6, 6.07) is 17.1. The van der Waals surface area contributed by atoms with E-state index in [-0.39, 0.29) is 19.1 Å². The van der Waals surface area contributed by atoms with E-state index >= 15 is 0 Å².